The highest BCUT2D eigenvalue weighted by molar-refractivity contribution is 7.88. The topological polar surface area (TPSA) is 115 Å². The van der Waals surface area contributed by atoms with E-state index < -0.39 is 21.9 Å². The zero-order valence-corrected chi connectivity index (χ0v) is 27.1. The van der Waals surface area contributed by atoms with Crippen molar-refractivity contribution < 1.29 is 31.5 Å². The van der Waals surface area contributed by atoms with E-state index in [1.165, 1.54) is 28.3 Å². The summed E-state index contributed by atoms with van der Waals surface area (Å²) in [6, 6.07) is 3.74. The van der Waals surface area contributed by atoms with Crippen LogP contribution in [0.15, 0.2) is 58.0 Å². The number of nitrogens with one attached hydrogen (secondary N) is 1. The monoisotopic (exact) mass is 666 g/mol. The largest absolute Gasteiger partial charge is 0.377 e. The van der Waals surface area contributed by atoms with Crippen molar-refractivity contribution >= 4 is 45.1 Å². The van der Waals surface area contributed by atoms with Gasteiger partial charge in [-0.05, 0) is 36.6 Å². The number of piperazine rings is 1. The molecule has 0 unspecified atom stereocenters. The van der Waals surface area contributed by atoms with E-state index in [-0.39, 0.29) is 54.8 Å². The van der Waals surface area contributed by atoms with Crippen molar-refractivity contribution in [3.63, 3.8) is 0 Å². The average molecular weight is 667 g/mol. The first-order valence-electron chi connectivity index (χ1n) is 14.9. The Labute approximate surface area is 266 Å². The van der Waals surface area contributed by atoms with Crippen LogP contribution in [0, 0.1) is 0 Å². The fraction of sp³-hybridized carbons (Fsp3) is 0.500. The number of benzene rings is 1. The molecule has 1 saturated heterocycles. The van der Waals surface area contributed by atoms with Gasteiger partial charge in [0.2, 0.25) is 21.9 Å². The van der Waals surface area contributed by atoms with Gasteiger partial charge in [-0.25, -0.2) is 22.2 Å². The molecular weight excluding hydrogens is 630 g/mol. The first-order chi connectivity index (χ1) is 21.3. The van der Waals surface area contributed by atoms with E-state index in [0.717, 1.165) is 17.9 Å². The molecule has 1 aromatic carbocycles. The smallest absolute Gasteiger partial charge is 0.278 e. The van der Waals surface area contributed by atoms with Crippen LogP contribution in [-0.4, -0.2) is 104 Å². The summed E-state index contributed by atoms with van der Waals surface area (Å²) in [4.78, 5) is 37.5. The molecule has 0 atom stereocenters. The quantitative estimate of drug-likeness (QED) is 0.427. The van der Waals surface area contributed by atoms with Gasteiger partial charge < -0.3 is 19.9 Å². The summed E-state index contributed by atoms with van der Waals surface area (Å²) in [5.41, 5.74) is 2.60. The fourth-order valence-corrected chi connectivity index (χ4v) is 6.84. The van der Waals surface area contributed by atoms with Crippen molar-refractivity contribution in [3.05, 3.63) is 63.6 Å². The summed E-state index contributed by atoms with van der Waals surface area (Å²) in [7, 11) is -3.38. The molecule has 45 heavy (non-hydrogen) atoms. The number of carbonyl (C=O) groups excluding carboxylic acids is 2. The van der Waals surface area contributed by atoms with E-state index in [0.29, 0.717) is 62.2 Å². The minimum absolute atomic E-state index is 0.0215. The van der Waals surface area contributed by atoms with Crippen molar-refractivity contribution in [3.8, 4) is 0 Å². The second-order valence-corrected chi connectivity index (χ2v) is 13.5. The number of allylic oxidation sites excluding steroid dienone is 2. The first kappa shape index (κ1) is 33.0. The van der Waals surface area contributed by atoms with Gasteiger partial charge in [0, 0.05) is 44.7 Å². The van der Waals surface area contributed by atoms with E-state index in [9.17, 15) is 26.8 Å². The minimum Gasteiger partial charge on any atom is -0.377 e. The molecule has 15 heteroatoms. The number of hydrogen-bond acceptors (Lipinski definition) is 8. The van der Waals surface area contributed by atoms with Crippen LogP contribution in [-0.2, 0) is 30.3 Å². The second kappa shape index (κ2) is 13.2. The van der Waals surface area contributed by atoms with Gasteiger partial charge in [-0.3, -0.25) is 14.5 Å². The zero-order chi connectivity index (χ0) is 32.5. The highest BCUT2D eigenvalue weighted by Crippen LogP contribution is 2.36. The maximum Gasteiger partial charge on any atom is 0.278 e. The van der Waals surface area contributed by atoms with E-state index in [4.69, 9.17) is 21.3 Å². The fourth-order valence-electron chi connectivity index (χ4n) is 5.78. The number of guanidine groups is 1. The van der Waals surface area contributed by atoms with Crippen LogP contribution in [0.25, 0.3) is 0 Å². The second-order valence-electron chi connectivity index (χ2n) is 11.2. The molecule has 1 fully saturated rings. The summed E-state index contributed by atoms with van der Waals surface area (Å²) in [5.74, 6) is -3.51. The Bertz CT molecular complexity index is 1600. The molecule has 0 saturated carbocycles. The van der Waals surface area contributed by atoms with Crippen LogP contribution in [0.1, 0.15) is 38.7 Å². The molecule has 1 aromatic rings. The van der Waals surface area contributed by atoms with Gasteiger partial charge in [-0.15, -0.1) is 0 Å². The maximum absolute atomic E-state index is 14.2. The van der Waals surface area contributed by atoms with E-state index >= 15 is 0 Å². The molecule has 0 spiro atoms. The lowest BCUT2D eigenvalue weighted by molar-refractivity contribution is -0.127. The Balaban J connectivity index is 1.48. The van der Waals surface area contributed by atoms with Crippen molar-refractivity contribution in [1.29, 1.82) is 0 Å². The third-order valence-corrected chi connectivity index (χ3v) is 9.90. The Morgan fingerprint density at radius 2 is 1.89 bits per heavy atom. The Morgan fingerprint density at radius 3 is 2.49 bits per heavy atom. The molecule has 0 radical (unpaired) electrons. The molecule has 5 rings (SSSR count). The summed E-state index contributed by atoms with van der Waals surface area (Å²) < 4.78 is 59.5. The van der Waals surface area contributed by atoms with Crippen molar-refractivity contribution in [2.75, 3.05) is 64.1 Å². The summed E-state index contributed by atoms with van der Waals surface area (Å²) in [6.45, 7) is 5.30. The van der Waals surface area contributed by atoms with Gasteiger partial charge in [0.1, 0.15) is 12.2 Å². The van der Waals surface area contributed by atoms with Crippen molar-refractivity contribution in [2.24, 2.45) is 4.99 Å². The van der Waals surface area contributed by atoms with E-state index in [2.05, 4.69) is 5.32 Å². The molecule has 0 bridgehead atoms. The molecule has 4 heterocycles. The summed E-state index contributed by atoms with van der Waals surface area (Å²) in [6.07, 6.45) is 5.64. The molecule has 4 aliphatic heterocycles. The van der Waals surface area contributed by atoms with Crippen LogP contribution < -0.4 is 5.32 Å². The number of aliphatic imine (C=N–C) groups is 1. The predicted octanol–water partition coefficient (Wildman–Crippen LogP) is 3.72. The minimum atomic E-state index is -3.38. The average Bonchev–Trinajstić information content (AvgIpc) is 3.03. The molecule has 244 valence electrons. The first-order valence-corrected chi connectivity index (χ1v) is 17.1. The zero-order valence-electron chi connectivity index (χ0n) is 25.5. The van der Waals surface area contributed by atoms with Crippen LogP contribution in [0.5, 0.6) is 0 Å². The molecule has 4 aliphatic rings. The molecule has 2 amide bonds. The van der Waals surface area contributed by atoms with Gasteiger partial charge in [0.25, 0.3) is 11.8 Å². The van der Waals surface area contributed by atoms with Crippen molar-refractivity contribution in [1.82, 2.24) is 19.0 Å². The third kappa shape index (κ3) is 6.93. The van der Waals surface area contributed by atoms with Gasteiger partial charge in [-0.2, -0.15) is 4.31 Å². The normalized spacial score (nSPS) is 20.1. The molecular formula is C30H37ClF2N6O5S. The van der Waals surface area contributed by atoms with E-state index in [1.807, 2.05) is 24.0 Å². The number of anilines is 1. The summed E-state index contributed by atoms with van der Waals surface area (Å²) in [5, 5.41) is 2.71. The number of carbonyl (C=O) groups is 2. The number of ether oxygens (including phenoxy) is 1. The maximum atomic E-state index is 14.2. The number of hydrogen-bond donors (Lipinski definition) is 1. The van der Waals surface area contributed by atoms with Gasteiger partial charge >= 0.3 is 0 Å². The van der Waals surface area contributed by atoms with E-state index in [1.54, 1.807) is 4.90 Å². The van der Waals surface area contributed by atoms with Crippen LogP contribution in [0.4, 0.5) is 14.5 Å². The van der Waals surface area contributed by atoms with Gasteiger partial charge in [-0.1, -0.05) is 37.6 Å². The predicted molar refractivity (Wildman–Crippen MR) is 167 cm³/mol. The molecule has 1 N–H and O–H groups in total. The Hall–Kier alpha value is -3.33. The van der Waals surface area contributed by atoms with Crippen LogP contribution in [0.2, 0.25) is 5.02 Å². The summed E-state index contributed by atoms with van der Waals surface area (Å²) >= 11 is 6.31. The van der Waals surface area contributed by atoms with Crippen molar-refractivity contribution in [2.45, 2.75) is 39.0 Å². The lowest BCUT2D eigenvalue weighted by Gasteiger charge is -2.45. The molecule has 11 nitrogen and oxygen atoms in total. The lowest BCUT2D eigenvalue weighted by atomic mass is 10.0. The van der Waals surface area contributed by atoms with Gasteiger partial charge in [0.05, 0.1) is 41.6 Å². The van der Waals surface area contributed by atoms with Crippen LogP contribution in [0.3, 0.4) is 0 Å². The number of amides is 2. The third-order valence-electron chi connectivity index (χ3n) is 8.28. The molecule has 0 aliphatic carbocycles. The Morgan fingerprint density at radius 1 is 1.16 bits per heavy atom. The number of fused-ring (bicyclic) bond motifs is 1. The number of nitrogens with zero attached hydrogens (tertiary/aromatic N) is 5. The number of halogens is 3. The van der Waals surface area contributed by atoms with Gasteiger partial charge in [0.15, 0.2) is 0 Å². The highest BCUT2D eigenvalue weighted by atomic mass is 35.5. The number of alkyl halides is 2. The SMILES string of the molecule is CCC1=C(N2CCN(S(C)(=O)=O)CC2)C(=O)N2CC=C(C3=CCOCC3)N=C2N1CC(=O)Nc1ccc(C(F)(F)CC)cc1Cl. The van der Waals surface area contributed by atoms with Crippen LogP contribution >= 0.6 is 11.6 Å². The number of rotatable bonds is 9. The molecule has 0 aromatic heterocycles. The number of sulfonamides is 1. The standard InChI is InChI=1S/C30H37ClF2N6O5S/c1-4-25-27(36-12-14-37(15-13-36)45(3,42)43)28(41)38-11-8-23(20-9-16-44-17-10-20)35-29(38)39(25)19-26(40)34-24-7-6-21(18-22(24)31)30(32,33)5-2/h6-9,18H,4-5,10-17,19H2,1-3H3,(H,34,40). The lowest BCUT2D eigenvalue weighted by Crippen LogP contribution is -2.59. The Kier molecular flexibility index (Phi) is 9.68. The highest BCUT2D eigenvalue weighted by Gasteiger charge is 2.42.